The minimum Gasteiger partial charge on any atom is -0.369 e. The third-order valence-corrected chi connectivity index (χ3v) is 5.26. The Hall–Kier alpha value is -2.99. The number of likely N-dealkylation sites (tertiary alicyclic amines) is 1. The molecule has 1 aromatic heterocycles. The minimum atomic E-state index is -0.286. The number of carbonyl (C=O) groups excluding carboxylic acids is 1. The highest BCUT2D eigenvalue weighted by Crippen LogP contribution is 2.30. The number of hydrogen-bond acceptors (Lipinski definition) is 4. The number of para-hydroxylation sites is 1. The monoisotopic (exact) mass is 375 g/mol. The predicted molar refractivity (Wildman–Crippen MR) is 109 cm³/mol. The highest BCUT2D eigenvalue weighted by Gasteiger charge is 2.28. The fourth-order valence-corrected chi connectivity index (χ4v) is 3.91. The molecule has 1 aliphatic heterocycles. The number of carbonyl (C=O) groups is 1. The number of hydrogen-bond donors (Lipinski definition) is 1. The number of piperidine rings is 1. The van der Waals surface area contributed by atoms with Crippen LogP contribution < -0.4 is 5.73 Å². The van der Waals surface area contributed by atoms with Gasteiger partial charge in [0.2, 0.25) is 5.91 Å². The Morgan fingerprint density at radius 2 is 1.89 bits per heavy atom. The van der Waals surface area contributed by atoms with E-state index in [-0.39, 0.29) is 11.8 Å². The zero-order chi connectivity index (χ0) is 19.5. The first-order valence-electron chi connectivity index (χ1n) is 9.71. The van der Waals surface area contributed by atoms with Gasteiger partial charge in [0.15, 0.2) is 5.82 Å². The van der Waals surface area contributed by atoms with Crippen molar-refractivity contribution in [2.75, 3.05) is 19.6 Å². The van der Waals surface area contributed by atoms with Gasteiger partial charge in [-0.15, -0.1) is 5.10 Å². The number of aryl methyl sites for hydroxylation is 1. The summed E-state index contributed by atoms with van der Waals surface area (Å²) < 4.78 is 1.98. The molecule has 6 nitrogen and oxygen atoms in total. The third kappa shape index (κ3) is 3.82. The van der Waals surface area contributed by atoms with E-state index < -0.39 is 0 Å². The van der Waals surface area contributed by atoms with Crippen LogP contribution in [0.25, 0.3) is 17.1 Å². The van der Waals surface area contributed by atoms with Crippen molar-refractivity contribution < 1.29 is 4.79 Å². The van der Waals surface area contributed by atoms with Crippen LogP contribution in [-0.4, -0.2) is 45.2 Å². The summed E-state index contributed by atoms with van der Waals surface area (Å²) in [7, 11) is 0. The summed E-state index contributed by atoms with van der Waals surface area (Å²) in [5.74, 6) is 1.59. The van der Waals surface area contributed by atoms with Crippen LogP contribution in [0.3, 0.4) is 0 Å². The van der Waals surface area contributed by atoms with E-state index in [0.29, 0.717) is 6.54 Å². The predicted octanol–water partition coefficient (Wildman–Crippen LogP) is 2.91. The molecule has 1 saturated heterocycles. The standard InChI is InChI=1S/C22H25N5O/c1-16-8-5-6-12-19(16)27-22(18-11-7-13-26(14-18)15-20(23)28)24-21(25-27)17-9-3-2-4-10-17/h2-6,8-10,12,18H,7,11,13-15H2,1H3,(H2,23,28). The van der Waals surface area contributed by atoms with E-state index in [1.54, 1.807) is 0 Å². The molecular weight excluding hydrogens is 350 g/mol. The molecule has 2 N–H and O–H groups in total. The number of benzene rings is 2. The number of nitrogens with two attached hydrogens (primary N) is 1. The molecule has 3 aromatic rings. The summed E-state index contributed by atoms with van der Waals surface area (Å²) in [6.07, 6.45) is 2.04. The van der Waals surface area contributed by atoms with Gasteiger partial charge in [-0.1, -0.05) is 48.5 Å². The van der Waals surface area contributed by atoms with Crippen LogP contribution in [0.4, 0.5) is 0 Å². The molecule has 1 aliphatic rings. The molecule has 28 heavy (non-hydrogen) atoms. The molecule has 0 bridgehead atoms. The maximum absolute atomic E-state index is 11.4. The number of aromatic nitrogens is 3. The van der Waals surface area contributed by atoms with E-state index in [1.165, 1.54) is 0 Å². The van der Waals surface area contributed by atoms with Gasteiger partial charge < -0.3 is 5.73 Å². The Labute approximate surface area is 165 Å². The summed E-state index contributed by atoms with van der Waals surface area (Å²) >= 11 is 0. The molecule has 1 unspecified atom stereocenters. The molecule has 144 valence electrons. The molecule has 0 radical (unpaired) electrons. The average molecular weight is 375 g/mol. The van der Waals surface area contributed by atoms with Crippen molar-refractivity contribution in [3.8, 4) is 17.1 Å². The maximum atomic E-state index is 11.4. The van der Waals surface area contributed by atoms with Crippen LogP contribution >= 0.6 is 0 Å². The van der Waals surface area contributed by atoms with Gasteiger partial charge in [0.25, 0.3) is 0 Å². The summed E-state index contributed by atoms with van der Waals surface area (Å²) in [6, 6.07) is 18.3. The molecular formula is C22H25N5O. The van der Waals surface area contributed by atoms with Crippen LogP contribution in [0.15, 0.2) is 54.6 Å². The van der Waals surface area contributed by atoms with Gasteiger partial charge in [0.1, 0.15) is 5.82 Å². The van der Waals surface area contributed by atoms with E-state index in [2.05, 4.69) is 24.0 Å². The molecule has 0 saturated carbocycles. The summed E-state index contributed by atoms with van der Waals surface area (Å²) in [6.45, 7) is 4.04. The van der Waals surface area contributed by atoms with Crippen molar-refractivity contribution in [1.82, 2.24) is 19.7 Å². The van der Waals surface area contributed by atoms with Crippen LogP contribution in [0, 0.1) is 6.92 Å². The van der Waals surface area contributed by atoms with Gasteiger partial charge in [-0.2, -0.15) is 0 Å². The summed E-state index contributed by atoms with van der Waals surface area (Å²) in [5, 5.41) is 4.87. The molecule has 1 atom stereocenters. The first kappa shape index (κ1) is 18.4. The van der Waals surface area contributed by atoms with Gasteiger partial charge in [-0.25, -0.2) is 9.67 Å². The zero-order valence-electron chi connectivity index (χ0n) is 16.1. The minimum absolute atomic E-state index is 0.206. The van der Waals surface area contributed by atoms with Gasteiger partial charge >= 0.3 is 0 Å². The first-order chi connectivity index (χ1) is 13.6. The summed E-state index contributed by atoms with van der Waals surface area (Å²) in [4.78, 5) is 18.4. The molecule has 4 rings (SSSR count). The lowest BCUT2D eigenvalue weighted by molar-refractivity contribution is -0.119. The number of amides is 1. The lowest BCUT2D eigenvalue weighted by Gasteiger charge is -2.31. The average Bonchev–Trinajstić information content (AvgIpc) is 3.14. The molecule has 1 amide bonds. The van der Waals surface area contributed by atoms with Crippen LogP contribution in [0.2, 0.25) is 0 Å². The zero-order valence-corrected chi connectivity index (χ0v) is 16.1. The molecule has 0 aliphatic carbocycles. The Morgan fingerprint density at radius 1 is 1.14 bits per heavy atom. The Morgan fingerprint density at radius 3 is 2.64 bits per heavy atom. The Kier molecular flexibility index (Phi) is 5.21. The number of rotatable bonds is 5. The fraction of sp³-hybridized carbons (Fsp3) is 0.318. The second-order valence-corrected chi connectivity index (χ2v) is 7.40. The van der Waals surface area contributed by atoms with Crippen LogP contribution in [-0.2, 0) is 4.79 Å². The van der Waals surface area contributed by atoms with E-state index in [9.17, 15) is 4.79 Å². The van der Waals surface area contributed by atoms with Gasteiger partial charge in [0.05, 0.1) is 12.2 Å². The van der Waals surface area contributed by atoms with Crippen molar-refractivity contribution in [2.45, 2.75) is 25.7 Å². The van der Waals surface area contributed by atoms with Gasteiger partial charge in [-0.3, -0.25) is 9.69 Å². The van der Waals surface area contributed by atoms with E-state index in [4.69, 9.17) is 15.8 Å². The molecule has 1 fully saturated rings. The second-order valence-electron chi connectivity index (χ2n) is 7.40. The summed E-state index contributed by atoms with van der Waals surface area (Å²) in [5.41, 5.74) is 8.61. The lowest BCUT2D eigenvalue weighted by Crippen LogP contribution is -2.40. The van der Waals surface area contributed by atoms with Crippen molar-refractivity contribution in [1.29, 1.82) is 0 Å². The normalized spacial score (nSPS) is 17.5. The first-order valence-corrected chi connectivity index (χ1v) is 9.71. The van der Waals surface area contributed by atoms with Crippen molar-refractivity contribution in [2.24, 2.45) is 5.73 Å². The van der Waals surface area contributed by atoms with E-state index >= 15 is 0 Å². The van der Waals surface area contributed by atoms with Crippen LogP contribution in [0.1, 0.15) is 30.1 Å². The van der Waals surface area contributed by atoms with Gasteiger partial charge in [0, 0.05) is 18.0 Å². The molecule has 2 heterocycles. The second kappa shape index (κ2) is 7.94. The number of primary amides is 1. The SMILES string of the molecule is Cc1ccccc1-n1nc(-c2ccccc2)nc1C1CCCN(CC(N)=O)C1. The van der Waals surface area contributed by atoms with Crippen molar-refractivity contribution >= 4 is 5.91 Å². The molecule has 6 heteroatoms. The Bertz CT molecular complexity index is 966. The topological polar surface area (TPSA) is 77.0 Å². The van der Waals surface area contributed by atoms with Crippen LogP contribution in [0.5, 0.6) is 0 Å². The molecule has 2 aromatic carbocycles. The highest BCUT2D eigenvalue weighted by molar-refractivity contribution is 5.75. The fourth-order valence-electron chi connectivity index (χ4n) is 3.91. The lowest BCUT2D eigenvalue weighted by atomic mass is 9.97. The smallest absolute Gasteiger partial charge is 0.231 e. The quantitative estimate of drug-likeness (QED) is 0.744. The van der Waals surface area contributed by atoms with Gasteiger partial charge in [-0.05, 0) is 37.9 Å². The largest absolute Gasteiger partial charge is 0.369 e. The number of nitrogens with zero attached hydrogens (tertiary/aromatic N) is 4. The third-order valence-electron chi connectivity index (χ3n) is 5.26. The Balaban J connectivity index is 1.75. The van der Waals surface area contributed by atoms with E-state index in [0.717, 1.165) is 54.4 Å². The maximum Gasteiger partial charge on any atom is 0.231 e. The van der Waals surface area contributed by atoms with Crippen molar-refractivity contribution in [3.05, 3.63) is 66.0 Å². The van der Waals surface area contributed by atoms with Crippen molar-refractivity contribution in [3.63, 3.8) is 0 Å². The van der Waals surface area contributed by atoms with E-state index in [1.807, 2.05) is 47.1 Å². The molecule has 0 spiro atoms. The highest BCUT2D eigenvalue weighted by atomic mass is 16.1.